The minimum atomic E-state index is 0.525. The molecule has 1 heterocycles. The second-order valence-electron chi connectivity index (χ2n) is 5.61. The number of ether oxygens (including phenoxy) is 2. The van der Waals surface area contributed by atoms with Crippen molar-refractivity contribution in [3.8, 4) is 5.75 Å². The summed E-state index contributed by atoms with van der Waals surface area (Å²) in [6.07, 6.45) is 2.41. The van der Waals surface area contributed by atoms with E-state index in [9.17, 15) is 0 Å². The Bertz CT molecular complexity index is 692. The van der Waals surface area contributed by atoms with E-state index in [0.29, 0.717) is 24.0 Å². The molecular weight excluding hydrogens is 326 g/mol. The maximum Gasteiger partial charge on any atom is 0.148 e. The van der Waals surface area contributed by atoms with Crippen molar-refractivity contribution in [1.29, 1.82) is 0 Å². The fraction of sp³-hybridized carbons (Fsp3) is 0.444. The molecule has 1 N–H and O–H groups in total. The molecule has 2 aromatic rings. The molecule has 1 aromatic carbocycles. The number of methoxy groups -OCH3 is 1. The molecule has 0 spiro atoms. The number of nitrogens with one attached hydrogen (secondary N) is 1. The van der Waals surface area contributed by atoms with Gasteiger partial charge in [0.1, 0.15) is 29.5 Å². The minimum Gasteiger partial charge on any atom is -0.491 e. The summed E-state index contributed by atoms with van der Waals surface area (Å²) in [5, 5.41) is 3.72. The first-order valence-electron chi connectivity index (χ1n) is 7.96. The van der Waals surface area contributed by atoms with Crippen LogP contribution in [0.1, 0.15) is 22.4 Å². The molecular formula is C18H24ClN3O2. The number of benzene rings is 1. The van der Waals surface area contributed by atoms with Gasteiger partial charge < -0.3 is 14.8 Å². The van der Waals surface area contributed by atoms with Crippen molar-refractivity contribution >= 4 is 17.4 Å². The number of anilines is 1. The normalized spacial score (nSPS) is 10.7. The van der Waals surface area contributed by atoms with Crippen LogP contribution in [0, 0.1) is 20.8 Å². The zero-order valence-electron chi connectivity index (χ0n) is 14.6. The predicted molar refractivity (Wildman–Crippen MR) is 97.3 cm³/mol. The SMILES string of the molecule is COCCc1ccc(OCCNc2ncnc(C)c2Cl)c(C)c1C. The summed E-state index contributed by atoms with van der Waals surface area (Å²) in [6.45, 7) is 7.91. The van der Waals surface area contributed by atoms with E-state index in [1.54, 1.807) is 7.11 Å². The van der Waals surface area contributed by atoms with E-state index in [2.05, 4.69) is 35.2 Å². The highest BCUT2D eigenvalue weighted by Gasteiger charge is 2.08. The molecule has 0 saturated heterocycles. The molecule has 1 aromatic heterocycles. The summed E-state index contributed by atoms with van der Waals surface area (Å²) in [7, 11) is 1.72. The van der Waals surface area contributed by atoms with E-state index in [1.807, 2.05) is 13.0 Å². The molecule has 0 unspecified atom stereocenters. The topological polar surface area (TPSA) is 56.3 Å². The van der Waals surface area contributed by atoms with Crippen LogP contribution in [0.2, 0.25) is 5.02 Å². The van der Waals surface area contributed by atoms with Crippen LogP contribution >= 0.6 is 11.6 Å². The van der Waals surface area contributed by atoms with Crippen LogP contribution < -0.4 is 10.1 Å². The van der Waals surface area contributed by atoms with Gasteiger partial charge in [-0.25, -0.2) is 9.97 Å². The van der Waals surface area contributed by atoms with Crippen molar-refractivity contribution < 1.29 is 9.47 Å². The van der Waals surface area contributed by atoms with Gasteiger partial charge in [0.05, 0.1) is 18.8 Å². The standard InChI is InChI=1S/C18H24ClN3O2/c1-12-13(2)16(6-5-15(12)7-9-23-4)24-10-8-20-18-17(19)14(3)21-11-22-18/h5-6,11H,7-10H2,1-4H3,(H,20,21,22). The van der Waals surface area contributed by atoms with E-state index >= 15 is 0 Å². The third-order valence-electron chi connectivity index (χ3n) is 4.04. The van der Waals surface area contributed by atoms with E-state index in [0.717, 1.165) is 24.5 Å². The Balaban J connectivity index is 1.90. The van der Waals surface area contributed by atoms with Gasteiger partial charge in [0.2, 0.25) is 0 Å². The van der Waals surface area contributed by atoms with Crippen LogP contribution in [-0.2, 0) is 11.2 Å². The van der Waals surface area contributed by atoms with Crippen LogP contribution in [0.4, 0.5) is 5.82 Å². The van der Waals surface area contributed by atoms with Crippen molar-refractivity contribution in [2.45, 2.75) is 27.2 Å². The summed E-state index contributed by atoms with van der Waals surface area (Å²) >= 11 is 6.16. The minimum absolute atomic E-state index is 0.525. The molecule has 0 saturated carbocycles. The van der Waals surface area contributed by atoms with Gasteiger partial charge in [-0.1, -0.05) is 17.7 Å². The van der Waals surface area contributed by atoms with Crippen molar-refractivity contribution in [2.24, 2.45) is 0 Å². The molecule has 0 amide bonds. The third-order valence-corrected chi connectivity index (χ3v) is 4.49. The summed E-state index contributed by atoms with van der Waals surface area (Å²) in [5.41, 5.74) is 4.47. The molecule has 0 radical (unpaired) electrons. The Morgan fingerprint density at radius 1 is 1.08 bits per heavy atom. The van der Waals surface area contributed by atoms with Crippen LogP contribution in [0.15, 0.2) is 18.5 Å². The summed E-state index contributed by atoms with van der Waals surface area (Å²) < 4.78 is 11.0. The van der Waals surface area contributed by atoms with Crippen LogP contribution in [0.3, 0.4) is 0 Å². The van der Waals surface area contributed by atoms with Gasteiger partial charge in [-0.2, -0.15) is 0 Å². The van der Waals surface area contributed by atoms with E-state index < -0.39 is 0 Å². The molecule has 0 atom stereocenters. The van der Waals surface area contributed by atoms with E-state index in [-0.39, 0.29) is 0 Å². The quantitative estimate of drug-likeness (QED) is 0.736. The number of hydrogen-bond donors (Lipinski definition) is 1. The first-order chi connectivity index (χ1) is 11.5. The maximum atomic E-state index is 6.16. The first kappa shape index (κ1) is 18.5. The summed E-state index contributed by atoms with van der Waals surface area (Å²) in [4.78, 5) is 8.18. The Morgan fingerprint density at radius 3 is 2.62 bits per heavy atom. The fourth-order valence-electron chi connectivity index (χ4n) is 2.40. The highest BCUT2D eigenvalue weighted by atomic mass is 35.5. The largest absolute Gasteiger partial charge is 0.491 e. The van der Waals surface area contributed by atoms with Gasteiger partial charge in [-0.05, 0) is 49.9 Å². The van der Waals surface area contributed by atoms with Crippen LogP contribution in [-0.4, -0.2) is 36.8 Å². The lowest BCUT2D eigenvalue weighted by molar-refractivity contribution is 0.202. The molecule has 0 bridgehead atoms. The smallest absolute Gasteiger partial charge is 0.148 e. The molecule has 0 aliphatic heterocycles. The number of aromatic nitrogens is 2. The Labute approximate surface area is 148 Å². The van der Waals surface area contributed by atoms with Gasteiger partial charge in [0.15, 0.2) is 0 Å². The van der Waals surface area contributed by atoms with Crippen molar-refractivity contribution in [2.75, 3.05) is 32.2 Å². The Hall–Kier alpha value is -1.85. The van der Waals surface area contributed by atoms with Crippen molar-refractivity contribution in [3.63, 3.8) is 0 Å². The zero-order chi connectivity index (χ0) is 17.5. The number of nitrogens with zero attached hydrogens (tertiary/aromatic N) is 2. The third kappa shape index (κ3) is 4.58. The highest BCUT2D eigenvalue weighted by Crippen LogP contribution is 2.25. The molecule has 0 aliphatic rings. The molecule has 130 valence electrons. The van der Waals surface area contributed by atoms with Crippen LogP contribution in [0.25, 0.3) is 0 Å². The Morgan fingerprint density at radius 2 is 1.88 bits per heavy atom. The maximum absolute atomic E-state index is 6.16. The average molecular weight is 350 g/mol. The number of aryl methyl sites for hydroxylation is 1. The summed E-state index contributed by atoms with van der Waals surface area (Å²) in [5.74, 6) is 1.54. The number of rotatable bonds is 8. The van der Waals surface area contributed by atoms with Gasteiger partial charge in [0, 0.05) is 7.11 Å². The van der Waals surface area contributed by atoms with Crippen molar-refractivity contribution in [1.82, 2.24) is 9.97 Å². The highest BCUT2D eigenvalue weighted by molar-refractivity contribution is 6.33. The molecule has 0 fully saturated rings. The van der Waals surface area contributed by atoms with Gasteiger partial charge in [0.25, 0.3) is 0 Å². The first-order valence-corrected chi connectivity index (χ1v) is 8.34. The zero-order valence-corrected chi connectivity index (χ0v) is 15.4. The average Bonchev–Trinajstić information content (AvgIpc) is 2.58. The molecule has 5 nitrogen and oxygen atoms in total. The number of hydrogen-bond acceptors (Lipinski definition) is 5. The van der Waals surface area contributed by atoms with E-state index in [1.165, 1.54) is 23.0 Å². The second-order valence-corrected chi connectivity index (χ2v) is 5.99. The lowest BCUT2D eigenvalue weighted by Gasteiger charge is -2.15. The Kier molecular flexibility index (Phi) is 6.82. The molecule has 0 aliphatic carbocycles. The lowest BCUT2D eigenvalue weighted by Crippen LogP contribution is -2.14. The van der Waals surface area contributed by atoms with E-state index in [4.69, 9.17) is 21.1 Å². The van der Waals surface area contributed by atoms with Gasteiger partial charge in [-0.3, -0.25) is 0 Å². The molecule has 2 rings (SSSR count). The molecule has 6 heteroatoms. The summed E-state index contributed by atoms with van der Waals surface area (Å²) in [6, 6.07) is 4.13. The van der Waals surface area contributed by atoms with Gasteiger partial charge in [-0.15, -0.1) is 0 Å². The monoisotopic (exact) mass is 349 g/mol. The number of halogens is 1. The predicted octanol–water partition coefficient (Wildman–Crippen LogP) is 3.74. The molecule has 24 heavy (non-hydrogen) atoms. The fourth-order valence-corrected chi connectivity index (χ4v) is 2.57. The lowest BCUT2D eigenvalue weighted by atomic mass is 10.0. The van der Waals surface area contributed by atoms with Gasteiger partial charge >= 0.3 is 0 Å². The second kappa shape index (κ2) is 8.85. The van der Waals surface area contributed by atoms with Crippen molar-refractivity contribution in [3.05, 3.63) is 45.9 Å². The van der Waals surface area contributed by atoms with Crippen LogP contribution in [0.5, 0.6) is 5.75 Å².